The smallest absolute Gasteiger partial charge is 0.421 e. The number of hydrazine groups is 1. The third-order valence-corrected chi connectivity index (χ3v) is 3.61. The monoisotopic (exact) mass is 374 g/mol. The van der Waals surface area contributed by atoms with Crippen LogP contribution in [0.15, 0.2) is 41.7 Å². The molecule has 9 heteroatoms. The Hall–Kier alpha value is -2.65. The minimum Gasteiger partial charge on any atom is -0.443 e. The number of para-hydroxylation sites is 1. The minimum atomic E-state index is -0.609. The molecular weight excluding hydrogens is 352 g/mol. The van der Waals surface area contributed by atoms with Gasteiger partial charge in [-0.15, -0.1) is 0 Å². The first-order valence-corrected chi connectivity index (χ1v) is 9.06. The number of H-pyrrole nitrogens is 1. The highest BCUT2D eigenvalue weighted by Crippen LogP contribution is 2.25. The molecule has 0 saturated carbocycles. The number of nitrogens with two attached hydrogens (primary N) is 1. The first-order valence-electron chi connectivity index (χ1n) is 7.84. The number of carbonyl (C=O) groups excluding carboxylic acids is 1. The average molecular weight is 374 g/mol. The Morgan fingerprint density at radius 3 is 2.62 bits per heavy atom. The number of hydrogen-bond donors (Lipinski definition) is 3. The summed E-state index contributed by atoms with van der Waals surface area (Å²) in [4.78, 5) is 19.0. The van der Waals surface area contributed by atoms with Crippen LogP contribution in [0.4, 0.5) is 4.79 Å². The molecule has 0 fully saturated rings. The second-order valence-corrected chi connectivity index (χ2v) is 6.97. The van der Waals surface area contributed by atoms with Crippen LogP contribution in [-0.4, -0.2) is 38.1 Å². The topological polar surface area (TPSA) is 119 Å². The van der Waals surface area contributed by atoms with Gasteiger partial charge in [0, 0.05) is 11.6 Å². The zero-order valence-corrected chi connectivity index (χ0v) is 15.9. The van der Waals surface area contributed by atoms with Gasteiger partial charge in [0.05, 0.1) is 11.2 Å². The van der Waals surface area contributed by atoms with Crippen molar-refractivity contribution in [1.29, 1.82) is 0 Å². The first kappa shape index (κ1) is 19.7. The number of nitrogens with one attached hydrogen (secondary N) is 2. The Morgan fingerprint density at radius 1 is 1.27 bits per heavy atom. The quantitative estimate of drug-likeness (QED) is 0.207. The van der Waals surface area contributed by atoms with Crippen LogP contribution in [0, 0.1) is 0 Å². The number of ether oxygens (including phenoxy) is 1. The molecule has 0 spiro atoms. The highest BCUT2D eigenvalue weighted by molar-refractivity contribution is 7.98. The number of benzene rings is 1. The number of aromatic amines is 1. The van der Waals surface area contributed by atoms with Crippen molar-refractivity contribution in [3.8, 4) is 11.4 Å². The molecule has 3 aromatic rings. The fraction of sp³-hybridized carbons (Fsp3) is 0.294. The predicted octanol–water partition coefficient (Wildman–Crippen LogP) is 3.13. The lowest BCUT2D eigenvalue weighted by Gasteiger charge is -2.18. The molecule has 0 unspecified atom stereocenters. The summed E-state index contributed by atoms with van der Waals surface area (Å²) in [5.74, 6) is 4.75. The van der Waals surface area contributed by atoms with E-state index in [4.69, 9.17) is 10.6 Å². The number of carbonyl (C=O) groups is 1. The Bertz CT molecular complexity index is 875. The summed E-state index contributed by atoms with van der Waals surface area (Å²) < 4.78 is 4.71. The van der Waals surface area contributed by atoms with Crippen molar-refractivity contribution in [2.75, 3.05) is 6.26 Å². The van der Waals surface area contributed by atoms with Crippen molar-refractivity contribution >= 4 is 28.8 Å². The fourth-order valence-corrected chi connectivity index (χ4v) is 2.39. The Balaban J connectivity index is 0.000000232. The summed E-state index contributed by atoms with van der Waals surface area (Å²) in [6, 6.07) is 9.90. The molecule has 26 heavy (non-hydrogen) atoms. The SMILES string of the molecule is CC(C)(C)OC(=O)NN.CSc1nccc(-c2n[nH]c3ccccc23)n1. The van der Waals surface area contributed by atoms with E-state index in [2.05, 4.69) is 20.2 Å². The zero-order chi connectivity index (χ0) is 19.2. The van der Waals surface area contributed by atoms with E-state index in [1.165, 1.54) is 11.8 Å². The summed E-state index contributed by atoms with van der Waals surface area (Å²) in [5.41, 5.74) is 4.13. The molecule has 2 heterocycles. The van der Waals surface area contributed by atoms with Crippen molar-refractivity contribution in [1.82, 2.24) is 25.6 Å². The van der Waals surface area contributed by atoms with Gasteiger partial charge in [0.25, 0.3) is 0 Å². The Morgan fingerprint density at radius 2 is 2.00 bits per heavy atom. The summed E-state index contributed by atoms with van der Waals surface area (Å²) in [7, 11) is 0. The van der Waals surface area contributed by atoms with Crippen LogP contribution < -0.4 is 11.3 Å². The largest absolute Gasteiger partial charge is 0.443 e. The highest BCUT2D eigenvalue weighted by Gasteiger charge is 2.14. The molecule has 0 aliphatic heterocycles. The van der Waals surface area contributed by atoms with Crippen LogP contribution in [0.5, 0.6) is 0 Å². The van der Waals surface area contributed by atoms with Gasteiger partial charge in [-0.2, -0.15) is 5.10 Å². The number of hydrogen-bond acceptors (Lipinski definition) is 7. The van der Waals surface area contributed by atoms with E-state index in [-0.39, 0.29) is 0 Å². The van der Waals surface area contributed by atoms with Crippen molar-refractivity contribution in [3.63, 3.8) is 0 Å². The van der Waals surface area contributed by atoms with E-state index < -0.39 is 11.7 Å². The molecule has 0 bridgehead atoms. The molecule has 0 aliphatic carbocycles. The molecule has 8 nitrogen and oxygen atoms in total. The second-order valence-electron chi connectivity index (χ2n) is 6.19. The second kappa shape index (κ2) is 8.63. The van der Waals surface area contributed by atoms with Gasteiger partial charge in [0.1, 0.15) is 11.3 Å². The van der Waals surface area contributed by atoms with Crippen LogP contribution in [0.25, 0.3) is 22.3 Å². The third-order valence-electron chi connectivity index (χ3n) is 3.05. The van der Waals surface area contributed by atoms with Gasteiger partial charge >= 0.3 is 6.09 Å². The molecule has 138 valence electrons. The molecular formula is C17H22N6O2S. The van der Waals surface area contributed by atoms with E-state index in [0.29, 0.717) is 0 Å². The Kier molecular flexibility index (Phi) is 6.53. The van der Waals surface area contributed by atoms with Crippen LogP contribution in [0.1, 0.15) is 20.8 Å². The van der Waals surface area contributed by atoms with Crippen LogP contribution in [0.2, 0.25) is 0 Å². The van der Waals surface area contributed by atoms with Crippen molar-refractivity contribution < 1.29 is 9.53 Å². The van der Waals surface area contributed by atoms with Gasteiger partial charge in [0.15, 0.2) is 5.16 Å². The lowest BCUT2D eigenvalue weighted by atomic mass is 10.2. The van der Waals surface area contributed by atoms with Crippen molar-refractivity contribution in [2.24, 2.45) is 5.84 Å². The lowest BCUT2D eigenvalue weighted by Crippen LogP contribution is -2.36. The standard InChI is InChI=1S/C12H10N4S.C5H12N2O2/c1-17-12-13-7-6-10(14-12)11-8-4-2-3-5-9(8)15-16-11;1-5(2,3)9-4(8)7-6/h2-7H,1H3,(H,15,16);6H2,1-3H3,(H,7,8). The first-order chi connectivity index (χ1) is 12.3. The van der Waals surface area contributed by atoms with Crippen LogP contribution >= 0.6 is 11.8 Å². The van der Waals surface area contributed by atoms with Crippen molar-refractivity contribution in [2.45, 2.75) is 31.5 Å². The minimum absolute atomic E-state index is 0.469. The lowest BCUT2D eigenvalue weighted by molar-refractivity contribution is 0.0527. The number of fused-ring (bicyclic) bond motifs is 1. The number of rotatable bonds is 2. The van der Waals surface area contributed by atoms with Crippen LogP contribution in [-0.2, 0) is 4.74 Å². The third kappa shape index (κ3) is 5.43. The normalized spacial score (nSPS) is 10.8. The van der Waals surface area contributed by atoms with Gasteiger partial charge in [-0.3, -0.25) is 10.5 Å². The van der Waals surface area contributed by atoms with E-state index in [9.17, 15) is 4.79 Å². The number of nitrogens with zero attached hydrogens (tertiary/aromatic N) is 3. The summed E-state index contributed by atoms with van der Waals surface area (Å²) >= 11 is 1.53. The predicted molar refractivity (Wildman–Crippen MR) is 102 cm³/mol. The molecule has 0 saturated heterocycles. The van der Waals surface area contributed by atoms with Gasteiger partial charge in [-0.25, -0.2) is 20.6 Å². The number of amides is 1. The summed E-state index contributed by atoms with van der Waals surface area (Å²) in [6.07, 6.45) is 3.11. The van der Waals surface area contributed by atoms with E-state index >= 15 is 0 Å². The van der Waals surface area contributed by atoms with E-state index in [0.717, 1.165) is 27.4 Å². The number of thioether (sulfide) groups is 1. The van der Waals surface area contributed by atoms with Gasteiger partial charge in [-0.05, 0) is 39.2 Å². The van der Waals surface area contributed by atoms with Gasteiger partial charge in [-0.1, -0.05) is 30.0 Å². The molecule has 3 rings (SSSR count). The summed E-state index contributed by atoms with van der Waals surface area (Å²) in [6.45, 7) is 5.30. The molecule has 0 atom stereocenters. The zero-order valence-electron chi connectivity index (χ0n) is 15.1. The van der Waals surface area contributed by atoms with Gasteiger partial charge < -0.3 is 4.74 Å². The molecule has 2 aromatic heterocycles. The van der Waals surface area contributed by atoms with E-state index in [1.807, 2.05) is 42.0 Å². The van der Waals surface area contributed by atoms with Crippen LogP contribution in [0.3, 0.4) is 0 Å². The van der Waals surface area contributed by atoms with Gasteiger partial charge in [0.2, 0.25) is 0 Å². The molecule has 1 aromatic carbocycles. The summed E-state index contributed by atoms with van der Waals surface area (Å²) in [5, 5.41) is 9.16. The maximum Gasteiger partial charge on any atom is 0.421 e. The molecule has 0 radical (unpaired) electrons. The maximum atomic E-state index is 10.4. The Labute approximate surface area is 155 Å². The number of aromatic nitrogens is 4. The maximum absolute atomic E-state index is 10.4. The molecule has 4 N–H and O–H groups in total. The fourth-order valence-electron chi connectivity index (χ4n) is 2.04. The molecule has 0 aliphatic rings. The van der Waals surface area contributed by atoms with E-state index in [1.54, 1.807) is 27.0 Å². The van der Waals surface area contributed by atoms with Crippen molar-refractivity contribution in [3.05, 3.63) is 36.5 Å². The molecule has 1 amide bonds. The average Bonchev–Trinajstić information content (AvgIpc) is 3.05. The highest BCUT2D eigenvalue weighted by atomic mass is 32.2.